The summed E-state index contributed by atoms with van der Waals surface area (Å²) in [5, 5.41) is -0.251. The van der Waals surface area contributed by atoms with E-state index in [9.17, 15) is 22.8 Å². The highest BCUT2D eigenvalue weighted by Crippen LogP contribution is 2.31. The Hall–Kier alpha value is -2.34. The molecule has 28 heavy (non-hydrogen) atoms. The Balaban J connectivity index is 1.37. The van der Waals surface area contributed by atoms with E-state index in [1.54, 1.807) is 4.90 Å². The summed E-state index contributed by atoms with van der Waals surface area (Å²) in [5.41, 5.74) is 0. The molecule has 2 saturated heterocycles. The van der Waals surface area contributed by atoms with E-state index in [0.717, 1.165) is 17.7 Å². The first-order valence-electron chi connectivity index (χ1n) is 9.20. The molecule has 0 N–H and O–H groups in total. The van der Waals surface area contributed by atoms with Gasteiger partial charge < -0.3 is 4.90 Å². The number of hydrogen-bond acceptors (Lipinski definition) is 6. The van der Waals surface area contributed by atoms with E-state index in [-0.39, 0.29) is 17.7 Å². The van der Waals surface area contributed by atoms with Crippen LogP contribution in [0.1, 0.15) is 12.8 Å². The van der Waals surface area contributed by atoms with Gasteiger partial charge in [-0.3, -0.25) is 19.4 Å². The molecule has 0 bridgehead atoms. The highest BCUT2D eigenvalue weighted by atomic mass is 32.2. The smallest absolute Gasteiger partial charge is 0.333 e. The molecule has 152 valence electrons. The maximum absolute atomic E-state index is 12.7. The number of likely N-dealkylation sites (N-methyl/N-ethyl adjacent to an activating group) is 2. The summed E-state index contributed by atoms with van der Waals surface area (Å²) in [6.45, 7) is 1.16. The van der Waals surface area contributed by atoms with Crippen LogP contribution in [-0.4, -0.2) is 120 Å². The second kappa shape index (κ2) is 6.62. The van der Waals surface area contributed by atoms with Crippen molar-refractivity contribution in [2.45, 2.75) is 24.1 Å². The standard InChI is InChI=1S/C16H23N6O5S/c1-18-14-13(15(24)19(2)16(18)25)21(10-17-14)9-12(23)20-5-7-22(8-6-20)28(26,27)11-3-4-11/h10-11,13H,3-9H2,1-2H3/q+1. The Labute approximate surface area is 162 Å². The van der Waals surface area contributed by atoms with Gasteiger partial charge in [-0.15, -0.1) is 0 Å². The van der Waals surface area contributed by atoms with Crippen molar-refractivity contribution in [3.8, 4) is 0 Å². The molecular weight excluding hydrogens is 388 g/mol. The Morgan fingerprint density at radius 2 is 1.79 bits per heavy atom. The number of nitrogens with zero attached hydrogens (tertiary/aromatic N) is 6. The lowest BCUT2D eigenvalue weighted by Crippen LogP contribution is -2.62. The number of piperazine rings is 1. The van der Waals surface area contributed by atoms with Crippen molar-refractivity contribution < 1.29 is 27.4 Å². The maximum atomic E-state index is 12.7. The summed E-state index contributed by atoms with van der Waals surface area (Å²) >= 11 is 0. The van der Waals surface area contributed by atoms with Crippen LogP contribution in [-0.2, 0) is 19.6 Å². The molecule has 0 aromatic carbocycles. The molecule has 4 rings (SSSR count). The van der Waals surface area contributed by atoms with Gasteiger partial charge in [-0.1, -0.05) is 0 Å². The van der Waals surface area contributed by atoms with Gasteiger partial charge >= 0.3 is 6.03 Å². The van der Waals surface area contributed by atoms with Crippen LogP contribution in [0.2, 0.25) is 0 Å². The molecule has 4 aliphatic rings. The summed E-state index contributed by atoms with van der Waals surface area (Å²) < 4.78 is 27.6. The molecule has 1 aliphatic carbocycles. The Morgan fingerprint density at radius 1 is 1.14 bits per heavy atom. The zero-order valence-corrected chi connectivity index (χ0v) is 16.6. The van der Waals surface area contributed by atoms with Gasteiger partial charge in [0.1, 0.15) is 0 Å². The second-order valence-corrected chi connectivity index (χ2v) is 9.65. The fraction of sp³-hybridized carbons (Fsp3) is 0.688. The number of amides is 4. The van der Waals surface area contributed by atoms with E-state index < -0.39 is 28.0 Å². The number of carbonyl (C=O) groups excluding carboxylic acids is 3. The lowest BCUT2D eigenvalue weighted by molar-refractivity contribution is -0.520. The van der Waals surface area contributed by atoms with Gasteiger partial charge in [-0.25, -0.2) is 17.8 Å². The fourth-order valence-corrected chi connectivity index (χ4v) is 5.52. The molecule has 1 atom stereocenters. The number of rotatable bonds is 4. The van der Waals surface area contributed by atoms with Crippen LogP contribution in [0.15, 0.2) is 4.99 Å². The van der Waals surface area contributed by atoms with Gasteiger partial charge in [0.15, 0.2) is 6.54 Å². The van der Waals surface area contributed by atoms with Crippen LogP contribution in [0.25, 0.3) is 0 Å². The van der Waals surface area contributed by atoms with Crippen molar-refractivity contribution in [2.75, 3.05) is 46.8 Å². The second-order valence-electron chi connectivity index (χ2n) is 7.44. The third-order valence-electron chi connectivity index (χ3n) is 5.61. The van der Waals surface area contributed by atoms with Gasteiger partial charge in [-0.2, -0.15) is 4.31 Å². The first-order chi connectivity index (χ1) is 13.2. The number of fused-ring (bicyclic) bond motifs is 1. The Morgan fingerprint density at radius 3 is 2.39 bits per heavy atom. The van der Waals surface area contributed by atoms with Crippen LogP contribution in [0, 0.1) is 0 Å². The minimum Gasteiger partial charge on any atom is -0.337 e. The Bertz CT molecular complexity index is 900. The number of carbonyl (C=O) groups is 3. The zero-order valence-electron chi connectivity index (χ0n) is 15.8. The van der Waals surface area contributed by atoms with Crippen molar-refractivity contribution >= 4 is 40.0 Å². The Kier molecular flexibility index (Phi) is 4.49. The molecule has 0 spiro atoms. The lowest BCUT2D eigenvalue weighted by atomic mass is 10.1. The molecule has 12 heteroatoms. The van der Waals surface area contributed by atoms with Crippen LogP contribution in [0.3, 0.4) is 0 Å². The topological polar surface area (TPSA) is 114 Å². The van der Waals surface area contributed by atoms with Gasteiger partial charge in [0, 0.05) is 40.3 Å². The largest absolute Gasteiger partial charge is 0.337 e. The quantitative estimate of drug-likeness (QED) is 0.495. The van der Waals surface area contributed by atoms with Crippen molar-refractivity contribution in [2.24, 2.45) is 4.99 Å². The summed E-state index contributed by atoms with van der Waals surface area (Å²) in [5.74, 6) is -0.323. The van der Waals surface area contributed by atoms with Crippen molar-refractivity contribution in [3.05, 3.63) is 0 Å². The molecule has 3 aliphatic heterocycles. The van der Waals surface area contributed by atoms with E-state index in [1.807, 2.05) is 0 Å². The summed E-state index contributed by atoms with van der Waals surface area (Å²) in [4.78, 5) is 45.3. The molecule has 1 unspecified atom stereocenters. The number of aliphatic imine (C=N–C) groups is 1. The molecular formula is C16H23N6O5S+. The normalized spacial score (nSPS) is 26.4. The van der Waals surface area contributed by atoms with Crippen LogP contribution >= 0.6 is 0 Å². The minimum atomic E-state index is -3.23. The van der Waals surface area contributed by atoms with Crippen molar-refractivity contribution in [1.29, 1.82) is 0 Å². The van der Waals surface area contributed by atoms with E-state index in [1.165, 1.54) is 34.2 Å². The predicted octanol–water partition coefficient (Wildman–Crippen LogP) is -2.03. The molecule has 3 heterocycles. The molecule has 0 aromatic heterocycles. The molecule has 11 nitrogen and oxygen atoms in total. The molecule has 0 radical (unpaired) electrons. The van der Waals surface area contributed by atoms with Crippen LogP contribution in [0.5, 0.6) is 0 Å². The van der Waals surface area contributed by atoms with E-state index in [4.69, 9.17) is 0 Å². The van der Waals surface area contributed by atoms with Crippen molar-refractivity contribution in [1.82, 2.24) is 19.0 Å². The maximum Gasteiger partial charge on any atom is 0.333 e. The van der Waals surface area contributed by atoms with Crippen LogP contribution in [0.4, 0.5) is 4.79 Å². The molecule has 4 amide bonds. The van der Waals surface area contributed by atoms with Gasteiger partial charge in [0.05, 0.1) is 5.25 Å². The first-order valence-corrected chi connectivity index (χ1v) is 10.7. The lowest BCUT2D eigenvalue weighted by Gasteiger charge is -2.34. The summed E-state index contributed by atoms with van der Waals surface area (Å²) in [7, 11) is -0.292. The van der Waals surface area contributed by atoms with Gasteiger partial charge in [0.25, 0.3) is 30.0 Å². The number of imide groups is 1. The van der Waals surface area contributed by atoms with E-state index in [2.05, 4.69) is 4.99 Å². The van der Waals surface area contributed by atoms with Crippen molar-refractivity contribution in [3.63, 3.8) is 0 Å². The monoisotopic (exact) mass is 411 g/mol. The number of amidine groups is 1. The first kappa shape index (κ1) is 19.0. The van der Waals surface area contributed by atoms with E-state index >= 15 is 0 Å². The average Bonchev–Trinajstić information content (AvgIpc) is 3.47. The highest BCUT2D eigenvalue weighted by molar-refractivity contribution is 7.90. The zero-order chi connectivity index (χ0) is 20.2. The molecule has 1 saturated carbocycles. The SMILES string of the molecule is CN1C(=O)C2C(=NC=[N+]2CC(=O)N2CCN(S(=O)(=O)C3CC3)CC2)N(C)C1=O. The number of sulfonamides is 1. The number of hydrogen-bond donors (Lipinski definition) is 0. The fourth-order valence-electron chi connectivity index (χ4n) is 3.70. The van der Waals surface area contributed by atoms with Gasteiger partial charge in [-0.05, 0) is 17.8 Å². The van der Waals surface area contributed by atoms with Crippen LogP contribution < -0.4 is 0 Å². The minimum absolute atomic E-state index is 0.0609. The average molecular weight is 411 g/mol. The van der Waals surface area contributed by atoms with E-state index in [0.29, 0.717) is 32.0 Å². The summed E-state index contributed by atoms with van der Waals surface area (Å²) in [6.07, 6.45) is 2.84. The highest BCUT2D eigenvalue weighted by Gasteiger charge is 2.51. The molecule has 3 fully saturated rings. The number of urea groups is 1. The molecule has 0 aromatic rings. The third-order valence-corrected chi connectivity index (χ3v) is 8.01. The van der Waals surface area contributed by atoms with Gasteiger partial charge in [0.2, 0.25) is 10.0 Å². The summed E-state index contributed by atoms with van der Waals surface area (Å²) in [6, 6.07) is -1.26. The third kappa shape index (κ3) is 3.00. The predicted molar refractivity (Wildman–Crippen MR) is 98.4 cm³/mol.